The molecule has 2 rings (SSSR count). The summed E-state index contributed by atoms with van der Waals surface area (Å²) in [6.45, 7) is 0. The molecule has 0 fully saturated rings. The molecule has 2 aromatic carbocycles. The molecule has 0 bridgehead atoms. The number of nitro benzene ring substituents is 1. The van der Waals surface area contributed by atoms with Crippen LogP contribution in [0, 0.1) is 15.5 Å². The molecule has 3 N–H and O–H groups in total. The second-order valence-corrected chi connectivity index (χ2v) is 5.38. The lowest BCUT2D eigenvalue weighted by molar-refractivity contribution is -0.385. The Balaban J connectivity index is 2.50. The Kier molecular flexibility index (Phi) is 4.44. The zero-order chi connectivity index (χ0) is 15.6. The Morgan fingerprint density at radius 3 is 2.62 bits per heavy atom. The summed E-state index contributed by atoms with van der Waals surface area (Å²) in [5.74, 6) is -0.00480. The van der Waals surface area contributed by atoms with Gasteiger partial charge in [-0.25, -0.2) is 0 Å². The summed E-state index contributed by atoms with van der Waals surface area (Å²) in [7, 11) is 0. The van der Waals surface area contributed by atoms with Crippen molar-refractivity contribution in [2.45, 2.75) is 0 Å². The first-order valence-corrected chi connectivity index (χ1v) is 6.81. The van der Waals surface area contributed by atoms with Crippen LogP contribution >= 0.6 is 27.5 Å². The standard InChI is InChI=1S/C13H9BrClN3O3/c14-7-1-4-11(10(5-7)18(19)20)21-12-6-8(15)2-3-9(12)13(16)17/h1-6H,(H3,16,17). The molecule has 0 aliphatic heterocycles. The van der Waals surface area contributed by atoms with E-state index in [1.807, 2.05) is 0 Å². The fourth-order valence-corrected chi connectivity index (χ4v) is 2.15. The van der Waals surface area contributed by atoms with Crippen LogP contribution in [0.3, 0.4) is 0 Å². The number of nitrogens with two attached hydrogens (primary N) is 1. The van der Waals surface area contributed by atoms with E-state index < -0.39 is 4.92 Å². The van der Waals surface area contributed by atoms with Gasteiger partial charge in [0.25, 0.3) is 0 Å². The number of benzene rings is 2. The van der Waals surface area contributed by atoms with Gasteiger partial charge < -0.3 is 10.5 Å². The Labute approximate surface area is 133 Å². The molecule has 8 heteroatoms. The van der Waals surface area contributed by atoms with Gasteiger partial charge >= 0.3 is 5.69 Å². The molecule has 0 radical (unpaired) electrons. The number of nitrogens with one attached hydrogen (secondary N) is 1. The lowest BCUT2D eigenvalue weighted by atomic mass is 10.2. The van der Waals surface area contributed by atoms with Crippen molar-refractivity contribution in [1.29, 1.82) is 5.41 Å². The summed E-state index contributed by atoms with van der Waals surface area (Å²) in [4.78, 5) is 10.5. The maximum absolute atomic E-state index is 11.1. The minimum Gasteiger partial charge on any atom is -0.449 e. The van der Waals surface area contributed by atoms with E-state index in [0.29, 0.717) is 15.1 Å². The smallest absolute Gasteiger partial charge is 0.312 e. The van der Waals surface area contributed by atoms with Crippen molar-refractivity contribution in [3.05, 3.63) is 61.6 Å². The number of nitro groups is 1. The summed E-state index contributed by atoms with van der Waals surface area (Å²) in [6, 6.07) is 8.91. The van der Waals surface area contributed by atoms with Gasteiger partial charge in [0.1, 0.15) is 11.6 Å². The van der Waals surface area contributed by atoms with E-state index in [1.54, 1.807) is 12.1 Å². The van der Waals surface area contributed by atoms with E-state index >= 15 is 0 Å². The van der Waals surface area contributed by atoms with Gasteiger partial charge in [0.2, 0.25) is 5.75 Å². The highest BCUT2D eigenvalue weighted by molar-refractivity contribution is 9.10. The van der Waals surface area contributed by atoms with Gasteiger partial charge in [0.15, 0.2) is 0 Å². The highest BCUT2D eigenvalue weighted by Gasteiger charge is 2.18. The summed E-state index contributed by atoms with van der Waals surface area (Å²) >= 11 is 9.05. The summed E-state index contributed by atoms with van der Waals surface area (Å²) in [6.07, 6.45) is 0. The van der Waals surface area contributed by atoms with Gasteiger partial charge in [-0.2, -0.15) is 0 Å². The molecule has 0 aliphatic carbocycles. The second-order valence-electron chi connectivity index (χ2n) is 4.03. The third kappa shape index (κ3) is 3.50. The first kappa shape index (κ1) is 15.3. The van der Waals surface area contributed by atoms with Gasteiger partial charge in [0.05, 0.1) is 10.5 Å². The third-order valence-corrected chi connectivity index (χ3v) is 3.30. The average Bonchev–Trinajstić information content (AvgIpc) is 2.40. The molecule has 6 nitrogen and oxygen atoms in total. The number of hydrogen-bond acceptors (Lipinski definition) is 4. The van der Waals surface area contributed by atoms with E-state index in [0.717, 1.165) is 0 Å². The highest BCUT2D eigenvalue weighted by Crippen LogP contribution is 2.35. The van der Waals surface area contributed by atoms with Crippen molar-refractivity contribution < 1.29 is 9.66 Å². The maximum Gasteiger partial charge on any atom is 0.312 e. The zero-order valence-corrected chi connectivity index (χ0v) is 12.8. The van der Waals surface area contributed by atoms with Crippen molar-refractivity contribution in [3.63, 3.8) is 0 Å². The van der Waals surface area contributed by atoms with Gasteiger partial charge in [0, 0.05) is 21.6 Å². The Hall–Kier alpha value is -2.12. The first-order chi connectivity index (χ1) is 9.88. The fraction of sp³-hybridized carbons (Fsp3) is 0. The van der Waals surface area contributed by atoms with Crippen LogP contribution in [0.1, 0.15) is 5.56 Å². The van der Waals surface area contributed by atoms with Crippen molar-refractivity contribution >= 4 is 39.1 Å². The molecule has 0 saturated heterocycles. The van der Waals surface area contributed by atoms with Crippen molar-refractivity contribution in [3.8, 4) is 11.5 Å². The molecule has 0 heterocycles. The van der Waals surface area contributed by atoms with Gasteiger partial charge in [-0.1, -0.05) is 27.5 Å². The molecular weight excluding hydrogens is 362 g/mol. The van der Waals surface area contributed by atoms with Crippen molar-refractivity contribution in [2.24, 2.45) is 5.73 Å². The molecule has 0 unspecified atom stereocenters. The molecule has 0 amide bonds. The van der Waals surface area contributed by atoms with Gasteiger partial charge in [-0.3, -0.25) is 15.5 Å². The molecule has 2 aromatic rings. The Bertz CT molecular complexity index is 737. The monoisotopic (exact) mass is 369 g/mol. The number of halogens is 2. The summed E-state index contributed by atoms with van der Waals surface area (Å²) in [5.41, 5.74) is 5.55. The van der Waals surface area contributed by atoms with Gasteiger partial charge in [-0.15, -0.1) is 0 Å². The van der Waals surface area contributed by atoms with E-state index in [-0.39, 0.29) is 23.0 Å². The molecular formula is C13H9BrClN3O3. The van der Waals surface area contributed by atoms with E-state index in [4.69, 9.17) is 27.5 Å². The Morgan fingerprint density at radius 2 is 2.00 bits per heavy atom. The number of ether oxygens (including phenoxy) is 1. The molecule has 0 aromatic heterocycles. The number of nitrogen functional groups attached to an aromatic ring is 1. The van der Waals surface area contributed by atoms with E-state index in [2.05, 4.69) is 15.9 Å². The first-order valence-electron chi connectivity index (χ1n) is 5.64. The minimum absolute atomic E-state index is 0.0352. The molecule has 0 spiro atoms. The average molecular weight is 371 g/mol. The minimum atomic E-state index is -0.557. The van der Waals surface area contributed by atoms with Crippen LogP contribution in [0.15, 0.2) is 40.9 Å². The predicted octanol–water partition coefficient (Wildman–Crippen LogP) is 4.09. The largest absolute Gasteiger partial charge is 0.449 e. The van der Waals surface area contributed by atoms with E-state index in [1.165, 1.54) is 24.3 Å². The molecule has 108 valence electrons. The number of nitrogens with zero attached hydrogens (tertiary/aromatic N) is 1. The van der Waals surface area contributed by atoms with Crippen LogP contribution in [-0.4, -0.2) is 10.8 Å². The third-order valence-electron chi connectivity index (χ3n) is 2.57. The number of hydrogen-bond donors (Lipinski definition) is 2. The van der Waals surface area contributed by atoms with Crippen LogP contribution in [0.2, 0.25) is 5.02 Å². The lowest BCUT2D eigenvalue weighted by Crippen LogP contribution is -2.12. The van der Waals surface area contributed by atoms with Crippen LogP contribution in [-0.2, 0) is 0 Å². The van der Waals surface area contributed by atoms with Crippen LogP contribution in [0.5, 0.6) is 11.5 Å². The van der Waals surface area contributed by atoms with Crippen LogP contribution in [0.25, 0.3) is 0 Å². The van der Waals surface area contributed by atoms with E-state index in [9.17, 15) is 10.1 Å². The normalized spacial score (nSPS) is 10.2. The molecule has 21 heavy (non-hydrogen) atoms. The lowest BCUT2D eigenvalue weighted by Gasteiger charge is -2.11. The summed E-state index contributed by atoms with van der Waals surface area (Å²) in [5, 5.41) is 18.9. The maximum atomic E-state index is 11.1. The number of rotatable bonds is 4. The zero-order valence-electron chi connectivity index (χ0n) is 10.5. The molecule has 0 aliphatic rings. The van der Waals surface area contributed by atoms with Gasteiger partial charge in [-0.05, 0) is 24.3 Å². The molecule has 0 atom stereocenters. The van der Waals surface area contributed by atoms with Crippen molar-refractivity contribution in [2.75, 3.05) is 0 Å². The summed E-state index contributed by atoms with van der Waals surface area (Å²) < 4.78 is 6.09. The highest BCUT2D eigenvalue weighted by atomic mass is 79.9. The van der Waals surface area contributed by atoms with Crippen molar-refractivity contribution in [1.82, 2.24) is 0 Å². The second kappa shape index (κ2) is 6.11. The predicted molar refractivity (Wildman–Crippen MR) is 83.3 cm³/mol. The quantitative estimate of drug-likeness (QED) is 0.366. The Morgan fingerprint density at radius 1 is 1.29 bits per heavy atom. The fourth-order valence-electron chi connectivity index (χ4n) is 1.64. The number of amidine groups is 1. The van der Waals surface area contributed by atoms with Crippen LogP contribution < -0.4 is 10.5 Å². The SMILES string of the molecule is N=C(N)c1ccc(Cl)cc1Oc1ccc(Br)cc1[N+](=O)[O-]. The topological polar surface area (TPSA) is 102 Å². The molecule has 0 saturated carbocycles. The van der Waals surface area contributed by atoms with Crippen LogP contribution in [0.4, 0.5) is 5.69 Å².